The summed E-state index contributed by atoms with van der Waals surface area (Å²) < 4.78 is 11.2. The summed E-state index contributed by atoms with van der Waals surface area (Å²) in [5.74, 6) is 0.970. The molecule has 0 fully saturated rings. The number of amides is 1. The first-order valence-electron chi connectivity index (χ1n) is 8.64. The fraction of sp³-hybridized carbons (Fsp3) is 0.136. The van der Waals surface area contributed by atoms with Gasteiger partial charge in [0.2, 0.25) is 0 Å². The van der Waals surface area contributed by atoms with Gasteiger partial charge in [0.1, 0.15) is 18.1 Å². The monoisotopic (exact) mass is 363 g/mol. The molecule has 1 N–H and O–H groups in total. The molecule has 0 radical (unpaired) electrons. The van der Waals surface area contributed by atoms with E-state index in [1.165, 1.54) is 0 Å². The van der Waals surface area contributed by atoms with Crippen molar-refractivity contribution >= 4 is 5.91 Å². The maximum atomic E-state index is 11.7. The second-order valence-corrected chi connectivity index (χ2v) is 5.83. The second-order valence-electron chi connectivity index (χ2n) is 5.83. The van der Waals surface area contributed by atoms with Gasteiger partial charge in [-0.2, -0.15) is 0 Å². The summed E-state index contributed by atoms with van der Waals surface area (Å²) in [7, 11) is 0. The number of rotatable bonds is 9. The highest BCUT2D eigenvalue weighted by Gasteiger charge is 2.04. The number of hydrogen-bond acceptors (Lipinski definition) is 4. The molecule has 0 unspecified atom stereocenters. The number of hydroxylamine groups is 1. The number of ether oxygens (including phenoxy) is 2. The van der Waals surface area contributed by atoms with Crippen molar-refractivity contribution in [2.75, 3.05) is 6.61 Å². The highest BCUT2D eigenvalue weighted by Crippen LogP contribution is 2.18. The highest BCUT2D eigenvalue weighted by atomic mass is 16.7. The van der Waals surface area contributed by atoms with Crippen molar-refractivity contribution in [1.29, 1.82) is 0 Å². The zero-order valence-corrected chi connectivity index (χ0v) is 14.8. The van der Waals surface area contributed by atoms with Gasteiger partial charge in [-0.15, -0.1) is 0 Å². The summed E-state index contributed by atoms with van der Waals surface area (Å²) in [5.41, 5.74) is 4.44. The Hall–Kier alpha value is -3.31. The van der Waals surface area contributed by atoms with E-state index in [9.17, 15) is 4.79 Å². The van der Waals surface area contributed by atoms with Crippen LogP contribution in [0.3, 0.4) is 0 Å². The molecule has 138 valence electrons. The van der Waals surface area contributed by atoms with Crippen LogP contribution in [0.2, 0.25) is 0 Å². The maximum absolute atomic E-state index is 11.7. The molecule has 0 heterocycles. The highest BCUT2D eigenvalue weighted by molar-refractivity contribution is 5.76. The Kier molecular flexibility index (Phi) is 6.84. The third kappa shape index (κ3) is 6.49. The number of carbonyl (C=O) groups is 1. The van der Waals surface area contributed by atoms with E-state index < -0.39 is 0 Å². The molecule has 3 rings (SSSR count). The minimum Gasteiger partial charge on any atom is -0.489 e. The molecule has 0 aliphatic heterocycles. The largest absolute Gasteiger partial charge is 0.489 e. The number of hydrogen-bond donors (Lipinski definition) is 1. The van der Waals surface area contributed by atoms with E-state index in [4.69, 9.17) is 14.3 Å². The van der Waals surface area contributed by atoms with Crippen molar-refractivity contribution in [3.05, 3.63) is 96.1 Å². The first-order chi connectivity index (χ1) is 13.3. The number of nitrogens with one attached hydrogen (secondary N) is 1. The van der Waals surface area contributed by atoms with E-state index in [0.29, 0.717) is 19.0 Å². The Labute approximate surface area is 158 Å². The molecule has 0 aromatic heterocycles. The van der Waals surface area contributed by atoms with E-state index in [2.05, 4.69) is 5.48 Å². The van der Waals surface area contributed by atoms with Crippen LogP contribution in [0.4, 0.5) is 0 Å². The van der Waals surface area contributed by atoms with Crippen LogP contribution >= 0.6 is 0 Å². The van der Waals surface area contributed by atoms with E-state index >= 15 is 0 Å². The van der Waals surface area contributed by atoms with Crippen molar-refractivity contribution < 1.29 is 19.1 Å². The fourth-order valence-corrected chi connectivity index (χ4v) is 2.33. The van der Waals surface area contributed by atoms with Crippen LogP contribution < -0.4 is 15.0 Å². The third-order valence-corrected chi connectivity index (χ3v) is 3.71. The average Bonchev–Trinajstić information content (AvgIpc) is 2.73. The molecular weight excluding hydrogens is 342 g/mol. The van der Waals surface area contributed by atoms with Gasteiger partial charge in [0.05, 0.1) is 6.61 Å². The molecule has 0 aliphatic rings. The van der Waals surface area contributed by atoms with E-state index in [-0.39, 0.29) is 12.5 Å². The molecule has 0 saturated heterocycles. The summed E-state index contributed by atoms with van der Waals surface area (Å²) in [5, 5.41) is 0. The van der Waals surface area contributed by atoms with Crippen molar-refractivity contribution in [1.82, 2.24) is 5.48 Å². The summed E-state index contributed by atoms with van der Waals surface area (Å²) >= 11 is 0. The molecule has 1 amide bonds. The maximum Gasteiger partial charge on any atom is 0.281 e. The Morgan fingerprint density at radius 1 is 0.667 bits per heavy atom. The Morgan fingerprint density at radius 2 is 1.19 bits per heavy atom. The molecule has 0 spiro atoms. The molecule has 5 heteroatoms. The van der Waals surface area contributed by atoms with Gasteiger partial charge in [-0.3, -0.25) is 9.63 Å². The van der Waals surface area contributed by atoms with Gasteiger partial charge < -0.3 is 9.47 Å². The molecule has 0 atom stereocenters. The lowest BCUT2D eigenvalue weighted by Crippen LogP contribution is -2.28. The zero-order valence-electron chi connectivity index (χ0n) is 14.8. The molecule has 5 nitrogen and oxygen atoms in total. The number of carbonyl (C=O) groups excluding carboxylic acids is 1. The molecule has 3 aromatic rings. The summed E-state index contributed by atoms with van der Waals surface area (Å²) in [6, 6.07) is 26.7. The molecule has 0 bridgehead atoms. The molecular formula is C22H21NO4. The lowest BCUT2D eigenvalue weighted by Gasteiger charge is -2.09. The Morgan fingerprint density at radius 3 is 1.78 bits per heavy atom. The smallest absolute Gasteiger partial charge is 0.281 e. The topological polar surface area (TPSA) is 56.8 Å². The summed E-state index contributed by atoms with van der Waals surface area (Å²) in [6.45, 7) is 0.682. The summed E-state index contributed by atoms with van der Waals surface area (Å²) in [4.78, 5) is 16.9. The van der Waals surface area contributed by atoms with E-state index in [0.717, 1.165) is 16.9 Å². The van der Waals surface area contributed by atoms with Crippen LogP contribution in [-0.2, 0) is 22.8 Å². The van der Waals surface area contributed by atoms with Gasteiger partial charge >= 0.3 is 0 Å². The van der Waals surface area contributed by atoms with Gasteiger partial charge in [0.15, 0.2) is 6.61 Å². The fourth-order valence-electron chi connectivity index (χ4n) is 2.33. The van der Waals surface area contributed by atoms with Crippen LogP contribution in [0, 0.1) is 0 Å². The molecule has 27 heavy (non-hydrogen) atoms. The first-order valence-corrected chi connectivity index (χ1v) is 8.64. The molecule has 0 saturated carbocycles. The van der Waals surface area contributed by atoms with Gasteiger partial charge in [-0.25, -0.2) is 5.48 Å². The normalized spacial score (nSPS) is 10.2. The zero-order chi connectivity index (χ0) is 18.7. The van der Waals surface area contributed by atoms with Crippen molar-refractivity contribution in [3.63, 3.8) is 0 Å². The van der Waals surface area contributed by atoms with Gasteiger partial charge in [-0.05, 0) is 35.4 Å². The second kappa shape index (κ2) is 9.99. The van der Waals surface area contributed by atoms with E-state index in [1.807, 2.05) is 72.8 Å². The predicted octanol–water partition coefficient (Wildman–Crippen LogP) is 3.89. The van der Waals surface area contributed by atoms with Crippen LogP contribution in [0.25, 0.3) is 0 Å². The van der Waals surface area contributed by atoms with Gasteiger partial charge in [0.25, 0.3) is 5.91 Å². The van der Waals surface area contributed by atoms with Gasteiger partial charge in [-0.1, -0.05) is 60.7 Å². The molecule has 0 aliphatic carbocycles. The first kappa shape index (κ1) is 18.5. The molecule has 3 aromatic carbocycles. The summed E-state index contributed by atoms with van der Waals surface area (Å²) in [6.07, 6.45) is 0. The van der Waals surface area contributed by atoms with Crippen LogP contribution in [0.1, 0.15) is 11.1 Å². The average molecular weight is 363 g/mol. The lowest BCUT2D eigenvalue weighted by molar-refractivity contribution is -0.136. The van der Waals surface area contributed by atoms with Crippen molar-refractivity contribution in [2.24, 2.45) is 0 Å². The quantitative estimate of drug-likeness (QED) is 0.586. The SMILES string of the molecule is O=C(COc1ccc(OCc2ccccc2)cc1)NOCc1ccccc1. The minimum absolute atomic E-state index is 0.126. The van der Waals surface area contributed by atoms with Crippen LogP contribution in [0.15, 0.2) is 84.9 Å². The Bertz CT molecular complexity index is 820. The van der Waals surface area contributed by atoms with E-state index in [1.54, 1.807) is 12.1 Å². The lowest BCUT2D eigenvalue weighted by atomic mass is 10.2. The van der Waals surface area contributed by atoms with Gasteiger partial charge in [0, 0.05) is 0 Å². The van der Waals surface area contributed by atoms with Crippen molar-refractivity contribution in [3.8, 4) is 11.5 Å². The number of benzene rings is 3. The standard InChI is InChI=1S/C22H21NO4/c24-22(23-27-16-19-9-5-2-6-10-19)17-26-21-13-11-20(12-14-21)25-15-18-7-3-1-4-8-18/h1-14H,15-17H2,(H,23,24). The van der Waals surface area contributed by atoms with Crippen LogP contribution in [0.5, 0.6) is 11.5 Å². The Balaban J connectivity index is 1.36. The predicted molar refractivity (Wildman–Crippen MR) is 102 cm³/mol. The minimum atomic E-state index is -0.352. The third-order valence-electron chi connectivity index (χ3n) is 3.71. The van der Waals surface area contributed by atoms with Crippen molar-refractivity contribution in [2.45, 2.75) is 13.2 Å². The van der Waals surface area contributed by atoms with Crippen LogP contribution in [-0.4, -0.2) is 12.5 Å².